The Balaban J connectivity index is 2.04. The van der Waals surface area contributed by atoms with Gasteiger partial charge in [0.1, 0.15) is 0 Å². The summed E-state index contributed by atoms with van der Waals surface area (Å²) in [5, 5.41) is 6.72. The molecule has 0 radical (unpaired) electrons. The van der Waals surface area contributed by atoms with Crippen LogP contribution < -0.4 is 5.32 Å². The zero-order valence-corrected chi connectivity index (χ0v) is 16.3. The van der Waals surface area contributed by atoms with Gasteiger partial charge in [0.25, 0.3) is 0 Å². The van der Waals surface area contributed by atoms with Crippen LogP contribution in [-0.2, 0) is 27.1 Å². The number of hydrogen-bond acceptors (Lipinski definition) is 6. The van der Waals surface area contributed by atoms with Gasteiger partial charge in [-0.05, 0) is 11.0 Å². The summed E-state index contributed by atoms with van der Waals surface area (Å²) in [5.74, 6) is -3.32. The van der Waals surface area contributed by atoms with Gasteiger partial charge in [0.15, 0.2) is 0 Å². The SMILES string of the molecule is CON(Cc1ccc(-c2noc(C(F)(F)F)n2)cc1)C(=O)C(=O)NCC(C)(C)C. The lowest BCUT2D eigenvalue weighted by Crippen LogP contribution is -2.44. The van der Waals surface area contributed by atoms with E-state index < -0.39 is 23.9 Å². The predicted octanol–water partition coefficient (Wildman–Crippen LogP) is 2.81. The van der Waals surface area contributed by atoms with Crippen LogP contribution in [0.4, 0.5) is 13.2 Å². The summed E-state index contributed by atoms with van der Waals surface area (Å²) in [6.45, 7) is 6.01. The van der Waals surface area contributed by atoms with Crippen molar-refractivity contribution in [2.24, 2.45) is 5.41 Å². The number of nitrogens with one attached hydrogen (secondary N) is 1. The smallest absolute Gasteiger partial charge is 0.347 e. The topological polar surface area (TPSA) is 97.6 Å². The van der Waals surface area contributed by atoms with Gasteiger partial charge in [-0.25, -0.2) is 5.06 Å². The average Bonchev–Trinajstić information content (AvgIpc) is 3.14. The molecule has 1 N–H and O–H groups in total. The van der Waals surface area contributed by atoms with Crippen LogP contribution in [0.1, 0.15) is 32.2 Å². The van der Waals surface area contributed by atoms with Crippen LogP contribution in [0.2, 0.25) is 0 Å². The number of benzene rings is 1. The Hall–Kier alpha value is -2.95. The summed E-state index contributed by atoms with van der Waals surface area (Å²) in [6, 6.07) is 6.04. The fourth-order valence-electron chi connectivity index (χ4n) is 2.13. The van der Waals surface area contributed by atoms with Gasteiger partial charge in [-0.15, -0.1) is 0 Å². The minimum absolute atomic E-state index is 0.0431. The molecular formula is C18H21F3N4O4. The molecule has 2 aromatic rings. The summed E-state index contributed by atoms with van der Waals surface area (Å²) in [4.78, 5) is 32.5. The first kappa shape index (κ1) is 22.3. The van der Waals surface area contributed by atoms with Crippen LogP contribution in [0.15, 0.2) is 28.8 Å². The van der Waals surface area contributed by atoms with E-state index in [2.05, 4.69) is 20.0 Å². The maximum Gasteiger partial charge on any atom is 0.471 e. The van der Waals surface area contributed by atoms with Gasteiger partial charge >= 0.3 is 23.9 Å². The number of rotatable bonds is 5. The highest BCUT2D eigenvalue weighted by atomic mass is 19.4. The number of hydroxylamine groups is 2. The molecule has 0 saturated carbocycles. The Morgan fingerprint density at radius 3 is 2.28 bits per heavy atom. The van der Waals surface area contributed by atoms with E-state index in [1.807, 2.05) is 20.8 Å². The average molecular weight is 414 g/mol. The standard InChI is InChI=1S/C18H21F3N4O4/c1-17(2,3)10-22-14(26)15(27)25(28-4)9-11-5-7-12(8-6-11)13-23-16(29-24-13)18(19,20)21/h5-8H,9-10H2,1-4H3,(H,22,26). The second kappa shape index (κ2) is 8.60. The minimum atomic E-state index is -4.72. The zero-order valence-electron chi connectivity index (χ0n) is 16.3. The summed E-state index contributed by atoms with van der Waals surface area (Å²) in [7, 11) is 1.25. The van der Waals surface area contributed by atoms with E-state index in [9.17, 15) is 22.8 Å². The van der Waals surface area contributed by atoms with Crippen molar-refractivity contribution in [1.29, 1.82) is 0 Å². The molecule has 0 saturated heterocycles. The Morgan fingerprint density at radius 2 is 1.79 bits per heavy atom. The molecule has 0 spiro atoms. The summed E-state index contributed by atoms with van der Waals surface area (Å²) < 4.78 is 41.8. The third kappa shape index (κ3) is 6.28. The number of carbonyl (C=O) groups excluding carboxylic acids is 2. The first-order chi connectivity index (χ1) is 13.4. The quantitative estimate of drug-likeness (QED) is 0.597. The summed E-state index contributed by atoms with van der Waals surface area (Å²) >= 11 is 0. The van der Waals surface area contributed by atoms with E-state index in [0.29, 0.717) is 17.7 Å². The van der Waals surface area contributed by atoms with Crippen molar-refractivity contribution in [2.45, 2.75) is 33.5 Å². The van der Waals surface area contributed by atoms with Crippen LogP contribution in [0, 0.1) is 5.41 Å². The molecule has 0 aliphatic carbocycles. The third-order valence-electron chi connectivity index (χ3n) is 3.63. The lowest BCUT2D eigenvalue weighted by molar-refractivity contribution is -0.182. The van der Waals surface area contributed by atoms with Crippen LogP contribution in [0.5, 0.6) is 0 Å². The highest BCUT2D eigenvalue weighted by Crippen LogP contribution is 2.29. The van der Waals surface area contributed by atoms with Gasteiger partial charge in [0.2, 0.25) is 5.82 Å². The van der Waals surface area contributed by atoms with Crippen LogP contribution in [0.3, 0.4) is 0 Å². The second-order valence-corrected chi connectivity index (χ2v) is 7.39. The first-order valence-corrected chi connectivity index (χ1v) is 8.55. The molecule has 0 unspecified atom stereocenters. The number of amides is 2. The number of aromatic nitrogens is 2. The van der Waals surface area contributed by atoms with E-state index in [1.165, 1.54) is 19.2 Å². The number of alkyl halides is 3. The van der Waals surface area contributed by atoms with E-state index in [0.717, 1.165) is 5.06 Å². The maximum atomic E-state index is 12.5. The molecular weight excluding hydrogens is 393 g/mol. The lowest BCUT2D eigenvalue weighted by Gasteiger charge is -2.22. The highest BCUT2D eigenvalue weighted by Gasteiger charge is 2.38. The Labute approximate surface area is 165 Å². The van der Waals surface area contributed by atoms with Crippen molar-refractivity contribution in [3.05, 3.63) is 35.7 Å². The molecule has 29 heavy (non-hydrogen) atoms. The van der Waals surface area contributed by atoms with Crippen LogP contribution in [-0.4, -0.2) is 40.7 Å². The number of nitrogens with zero attached hydrogens (tertiary/aromatic N) is 3. The Morgan fingerprint density at radius 1 is 1.17 bits per heavy atom. The van der Waals surface area contributed by atoms with E-state index in [4.69, 9.17) is 4.84 Å². The molecule has 1 heterocycles. The molecule has 0 atom stereocenters. The molecule has 2 amide bonds. The van der Waals surface area contributed by atoms with Gasteiger partial charge < -0.3 is 9.84 Å². The van der Waals surface area contributed by atoms with Crippen molar-refractivity contribution in [1.82, 2.24) is 20.5 Å². The molecule has 0 aliphatic rings. The molecule has 2 rings (SSSR count). The highest BCUT2D eigenvalue weighted by molar-refractivity contribution is 6.34. The normalized spacial score (nSPS) is 12.0. The van der Waals surface area contributed by atoms with Crippen molar-refractivity contribution < 1.29 is 32.1 Å². The molecule has 0 fully saturated rings. The molecule has 1 aromatic heterocycles. The van der Waals surface area contributed by atoms with Crippen molar-refractivity contribution in [3.8, 4) is 11.4 Å². The van der Waals surface area contributed by atoms with Crippen LogP contribution in [0.25, 0.3) is 11.4 Å². The molecule has 11 heteroatoms. The van der Waals surface area contributed by atoms with Crippen molar-refractivity contribution in [2.75, 3.05) is 13.7 Å². The summed E-state index contributed by atoms with van der Waals surface area (Å²) in [5.41, 5.74) is 0.684. The van der Waals surface area contributed by atoms with E-state index in [-0.39, 0.29) is 17.8 Å². The molecule has 8 nitrogen and oxygen atoms in total. The largest absolute Gasteiger partial charge is 0.471 e. The van der Waals surface area contributed by atoms with E-state index in [1.54, 1.807) is 12.1 Å². The second-order valence-electron chi connectivity index (χ2n) is 7.39. The Kier molecular flexibility index (Phi) is 6.62. The van der Waals surface area contributed by atoms with E-state index >= 15 is 0 Å². The molecule has 0 bridgehead atoms. The van der Waals surface area contributed by atoms with Gasteiger partial charge in [0.05, 0.1) is 13.7 Å². The number of hydrogen-bond donors (Lipinski definition) is 1. The first-order valence-electron chi connectivity index (χ1n) is 8.55. The fraction of sp³-hybridized carbons (Fsp3) is 0.444. The van der Waals surface area contributed by atoms with Crippen molar-refractivity contribution >= 4 is 11.8 Å². The fourth-order valence-corrected chi connectivity index (χ4v) is 2.13. The number of carbonyl (C=O) groups is 2. The lowest BCUT2D eigenvalue weighted by atomic mass is 9.97. The molecule has 0 aliphatic heterocycles. The van der Waals surface area contributed by atoms with Gasteiger partial charge in [-0.1, -0.05) is 50.2 Å². The zero-order chi connectivity index (χ0) is 21.8. The maximum absolute atomic E-state index is 12.5. The van der Waals surface area contributed by atoms with Crippen LogP contribution >= 0.6 is 0 Å². The molecule has 1 aromatic carbocycles. The summed E-state index contributed by atoms with van der Waals surface area (Å²) in [6.07, 6.45) is -4.72. The van der Waals surface area contributed by atoms with Gasteiger partial charge in [-0.2, -0.15) is 18.2 Å². The third-order valence-corrected chi connectivity index (χ3v) is 3.63. The van der Waals surface area contributed by atoms with Gasteiger partial charge in [-0.3, -0.25) is 14.4 Å². The number of halogens is 3. The predicted molar refractivity (Wildman–Crippen MR) is 94.8 cm³/mol. The van der Waals surface area contributed by atoms with Gasteiger partial charge in [0, 0.05) is 12.1 Å². The Bertz CT molecular complexity index is 857. The van der Waals surface area contributed by atoms with Crippen molar-refractivity contribution in [3.63, 3.8) is 0 Å². The molecule has 158 valence electrons. The minimum Gasteiger partial charge on any atom is -0.347 e. The monoisotopic (exact) mass is 414 g/mol.